The standard InChI is InChI=1S/C19H19ClN4O2/c20-14-9-10-17-22-18(13-5-4-8-16(11-13)24(25)26)19(23(17)12-14)21-15-6-2-1-3-7-15/h4-5,8-12,15,21H,1-3,6-7H2. The number of hydrogen-bond donors (Lipinski definition) is 1. The highest BCUT2D eigenvalue weighted by Gasteiger charge is 2.20. The molecule has 1 saturated carbocycles. The molecule has 26 heavy (non-hydrogen) atoms. The first-order chi connectivity index (χ1) is 12.6. The number of benzene rings is 1. The minimum atomic E-state index is -0.385. The lowest BCUT2D eigenvalue weighted by Gasteiger charge is -2.24. The first-order valence-electron chi connectivity index (χ1n) is 8.81. The Hall–Kier alpha value is -2.60. The zero-order chi connectivity index (χ0) is 18.1. The number of imidazole rings is 1. The maximum Gasteiger partial charge on any atom is 0.270 e. The second-order valence-electron chi connectivity index (χ2n) is 6.67. The summed E-state index contributed by atoms with van der Waals surface area (Å²) in [5, 5.41) is 15.4. The van der Waals surface area contributed by atoms with Crippen molar-refractivity contribution < 1.29 is 4.92 Å². The van der Waals surface area contributed by atoms with E-state index >= 15 is 0 Å². The van der Waals surface area contributed by atoms with Gasteiger partial charge in [-0.1, -0.05) is 43.0 Å². The van der Waals surface area contributed by atoms with Crippen LogP contribution >= 0.6 is 11.6 Å². The van der Waals surface area contributed by atoms with Crippen LogP contribution in [0.1, 0.15) is 32.1 Å². The fourth-order valence-electron chi connectivity index (χ4n) is 3.56. The van der Waals surface area contributed by atoms with Crippen LogP contribution in [0.5, 0.6) is 0 Å². The van der Waals surface area contributed by atoms with E-state index in [1.165, 1.54) is 25.3 Å². The molecule has 0 bridgehead atoms. The second-order valence-corrected chi connectivity index (χ2v) is 7.11. The number of hydrogen-bond acceptors (Lipinski definition) is 4. The quantitative estimate of drug-likeness (QED) is 0.499. The maximum atomic E-state index is 11.1. The zero-order valence-electron chi connectivity index (χ0n) is 14.2. The van der Waals surface area contributed by atoms with E-state index in [4.69, 9.17) is 16.6 Å². The molecule has 0 amide bonds. The van der Waals surface area contributed by atoms with Gasteiger partial charge in [-0.25, -0.2) is 4.98 Å². The maximum absolute atomic E-state index is 11.1. The molecule has 1 aromatic carbocycles. The first kappa shape index (κ1) is 16.8. The van der Waals surface area contributed by atoms with Gasteiger partial charge in [-0.05, 0) is 25.0 Å². The SMILES string of the molecule is O=[N+]([O-])c1cccc(-c2nc3ccc(Cl)cn3c2NC2CCCCC2)c1. The lowest BCUT2D eigenvalue weighted by atomic mass is 9.95. The molecule has 2 heterocycles. The van der Waals surface area contributed by atoms with E-state index in [9.17, 15) is 10.1 Å². The summed E-state index contributed by atoms with van der Waals surface area (Å²) in [4.78, 5) is 15.5. The lowest BCUT2D eigenvalue weighted by molar-refractivity contribution is -0.384. The van der Waals surface area contributed by atoms with E-state index in [1.807, 2.05) is 22.7 Å². The molecular weight excluding hydrogens is 352 g/mol. The lowest BCUT2D eigenvalue weighted by Crippen LogP contribution is -2.23. The van der Waals surface area contributed by atoms with Gasteiger partial charge in [0, 0.05) is 29.9 Å². The molecule has 0 radical (unpaired) electrons. The number of rotatable bonds is 4. The van der Waals surface area contributed by atoms with Gasteiger partial charge < -0.3 is 5.32 Å². The summed E-state index contributed by atoms with van der Waals surface area (Å²) in [7, 11) is 0. The number of pyridine rings is 1. The van der Waals surface area contributed by atoms with E-state index in [0.717, 1.165) is 29.9 Å². The van der Waals surface area contributed by atoms with E-state index in [1.54, 1.807) is 18.2 Å². The van der Waals surface area contributed by atoms with Crippen LogP contribution in [-0.4, -0.2) is 20.3 Å². The molecule has 0 atom stereocenters. The van der Waals surface area contributed by atoms with Gasteiger partial charge >= 0.3 is 0 Å². The minimum absolute atomic E-state index is 0.0567. The van der Waals surface area contributed by atoms with Gasteiger partial charge in [-0.3, -0.25) is 14.5 Å². The molecule has 0 saturated heterocycles. The van der Waals surface area contributed by atoms with Gasteiger partial charge in [0.05, 0.1) is 9.95 Å². The molecule has 0 spiro atoms. The number of nitrogens with one attached hydrogen (secondary N) is 1. The number of nitrogens with zero attached hydrogens (tertiary/aromatic N) is 3. The molecule has 1 N–H and O–H groups in total. The Labute approximate surface area is 156 Å². The molecule has 1 aliphatic rings. The van der Waals surface area contributed by atoms with Crippen molar-refractivity contribution in [3.8, 4) is 11.3 Å². The number of aromatic nitrogens is 2. The molecule has 2 aromatic heterocycles. The van der Waals surface area contributed by atoms with Gasteiger partial charge in [-0.15, -0.1) is 0 Å². The summed E-state index contributed by atoms with van der Waals surface area (Å²) < 4.78 is 1.94. The monoisotopic (exact) mass is 370 g/mol. The van der Waals surface area contributed by atoms with Gasteiger partial charge in [0.25, 0.3) is 5.69 Å². The van der Waals surface area contributed by atoms with Crippen molar-refractivity contribution in [2.45, 2.75) is 38.1 Å². The fourth-order valence-corrected chi connectivity index (χ4v) is 3.73. The van der Waals surface area contributed by atoms with Crippen LogP contribution in [-0.2, 0) is 0 Å². The highest BCUT2D eigenvalue weighted by molar-refractivity contribution is 6.30. The molecule has 4 rings (SSSR count). The third kappa shape index (κ3) is 3.24. The summed E-state index contributed by atoms with van der Waals surface area (Å²) in [5.74, 6) is 0.842. The van der Waals surface area contributed by atoms with E-state index < -0.39 is 0 Å². The number of anilines is 1. The van der Waals surface area contributed by atoms with Crippen LogP contribution in [0.15, 0.2) is 42.6 Å². The number of nitro benzene ring substituents is 1. The van der Waals surface area contributed by atoms with E-state index in [2.05, 4.69) is 5.32 Å². The Balaban J connectivity index is 1.83. The topological polar surface area (TPSA) is 72.5 Å². The predicted octanol–water partition coefficient (Wildman–Crippen LogP) is 5.31. The van der Waals surface area contributed by atoms with Crippen molar-refractivity contribution in [3.63, 3.8) is 0 Å². The highest BCUT2D eigenvalue weighted by Crippen LogP contribution is 2.33. The van der Waals surface area contributed by atoms with Crippen molar-refractivity contribution in [2.24, 2.45) is 0 Å². The van der Waals surface area contributed by atoms with Crippen LogP contribution in [0.3, 0.4) is 0 Å². The zero-order valence-corrected chi connectivity index (χ0v) is 14.9. The van der Waals surface area contributed by atoms with Crippen molar-refractivity contribution >= 4 is 28.8 Å². The molecule has 1 aliphatic carbocycles. The summed E-state index contributed by atoms with van der Waals surface area (Å²) in [6.45, 7) is 0. The Kier molecular flexibility index (Phi) is 4.51. The van der Waals surface area contributed by atoms with Gasteiger partial charge in [0.2, 0.25) is 0 Å². The Morgan fingerprint density at radius 3 is 2.77 bits per heavy atom. The molecule has 3 aromatic rings. The van der Waals surface area contributed by atoms with Crippen LogP contribution in [0.4, 0.5) is 11.5 Å². The number of non-ortho nitro benzene ring substituents is 1. The molecule has 7 heteroatoms. The van der Waals surface area contributed by atoms with Crippen LogP contribution in [0.2, 0.25) is 5.02 Å². The van der Waals surface area contributed by atoms with Crippen molar-refractivity contribution in [3.05, 3.63) is 57.7 Å². The van der Waals surface area contributed by atoms with Crippen LogP contribution < -0.4 is 5.32 Å². The smallest absolute Gasteiger partial charge is 0.270 e. The van der Waals surface area contributed by atoms with E-state index in [0.29, 0.717) is 16.8 Å². The van der Waals surface area contributed by atoms with Gasteiger partial charge in [-0.2, -0.15) is 0 Å². The number of halogens is 1. The molecule has 1 fully saturated rings. The van der Waals surface area contributed by atoms with Crippen LogP contribution in [0, 0.1) is 10.1 Å². The number of fused-ring (bicyclic) bond motifs is 1. The fraction of sp³-hybridized carbons (Fsp3) is 0.316. The average Bonchev–Trinajstić information content (AvgIpc) is 3.00. The van der Waals surface area contributed by atoms with Gasteiger partial charge in [0.1, 0.15) is 17.2 Å². The normalized spacial score (nSPS) is 15.3. The third-order valence-electron chi connectivity index (χ3n) is 4.86. The Bertz CT molecular complexity index is 963. The minimum Gasteiger partial charge on any atom is -0.367 e. The Morgan fingerprint density at radius 1 is 1.19 bits per heavy atom. The summed E-state index contributed by atoms with van der Waals surface area (Å²) in [6.07, 6.45) is 7.75. The Morgan fingerprint density at radius 2 is 2.00 bits per heavy atom. The van der Waals surface area contributed by atoms with Crippen molar-refractivity contribution in [1.29, 1.82) is 0 Å². The van der Waals surface area contributed by atoms with Crippen molar-refractivity contribution in [2.75, 3.05) is 5.32 Å². The largest absolute Gasteiger partial charge is 0.367 e. The second kappa shape index (κ2) is 6.96. The molecule has 6 nitrogen and oxygen atoms in total. The highest BCUT2D eigenvalue weighted by atomic mass is 35.5. The molecule has 134 valence electrons. The summed E-state index contributed by atoms with van der Waals surface area (Å²) in [5.41, 5.74) is 2.24. The van der Waals surface area contributed by atoms with Crippen LogP contribution in [0.25, 0.3) is 16.9 Å². The summed E-state index contributed by atoms with van der Waals surface area (Å²) in [6, 6.07) is 10.6. The van der Waals surface area contributed by atoms with Gasteiger partial charge in [0.15, 0.2) is 0 Å². The predicted molar refractivity (Wildman–Crippen MR) is 103 cm³/mol. The molecule has 0 unspecified atom stereocenters. The number of nitro groups is 1. The molecule has 0 aliphatic heterocycles. The van der Waals surface area contributed by atoms with E-state index in [-0.39, 0.29) is 10.6 Å². The summed E-state index contributed by atoms with van der Waals surface area (Å²) >= 11 is 6.19. The third-order valence-corrected chi connectivity index (χ3v) is 5.08. The first-order valence-corrected chi connectivity index (χ1v) is 9.18. The average molecular weight is 371 g/mol. The van der Waals surface area contributed by atoms with Crippen molar-refractivity contribution in [1.82, 2.24) is 9.38 Å². The molecular formula is C19H19ClN4O2.